The van der Waals surface area contributed by atoms with E-state index in [2.05, 4.69) is 10.6 Å². The monoisotopic (exact) mass is 328 g/mol. The zero-order valence-electron chi connectivity index (χ0n) is 13.8. The van der Waals surface area contributed by atoms with E-state index < -0.39 is 0 Å². The van der Waals surface area contributed by atoms with E-state index in [4.69, 9.17) is 4.74 Å². The SMILES string of the molecule is O=C(NC(C1CC1)C1CC1)c1cccc(NC(=O)[C@H]2CCCO2)c1. The molecule has 1 aliphatic heterocycles. The fraction of sp³-hybridized carbons (Fsp3) is 0.579. The van der Waals surface area contributed by atoms with Gasteiger partial charge in [0.05, 0.1) is 0 Å². The van der Waals surface area contributed by atoms with Crippen molar-refractivity contribution in [1.82, 2.24) is 5.32 Å². The van der Waals surface area contributed by atoms with Crippen LogP contribution in [0.25, 0.3) is 0 Å². The largest absolute Gasteiger partial charge is 0.368 e. The summed E-state index contributed by atoms with van der Waals surface area (Å²) in [7, 11) is 0. The van der Waals surface area contributed by atoms with Gasteiger partial charge < -0.3 is 15.4 Å². The second-order valence-electron chi connectivity index (χ2n) is 7.25. The second-order valence-corrected chi connectivity index (χ2v) is 7.25. The van der Waals surface area contributed by atoms with E-state index in [1.54, 1.807) is 12.1 Å². The number of ether oxygens (including phenoxy) is 1. The minimum atomic E-state index is -0.364. The molecule has 0 spiro atoms. The van der Waals surface area contributed by atoms with Crippen LogP contribution in [-0.2, 0) is 9.53 Å². The molecule has 128 valence electrons. The lowest BCUT2D eigenvalue weighted by Gasteiger charge is -2.18. The Hall–Kier alpha value is -1.88. The molecule has 2 amide bonds. The number of carbonyl (C=O) groups excluding carboxylic acids is 2. The Kier molecular flexibility index (Phi) is 4.27. The third kappa shape index (κ3) is 3.61. The molecule has 4 rings (SSSR count). The normalized spacial score (nSPS) is 23.3. The molecule has 2 N–H and O–H groups in total. The Bertz CT molecular complexity index is 619. The molecule has 24 heavy (non-hydrogen) atoms. The van der Waals surface area contributed by atoms with Gasteiger partial charge in [0, 0.05) is 23.9 Å². The van der Waals surface area contributed by atoms with Gasteiger partial charge in [-0.25, -0.2) is 0 Å². The summed E-state index contributed by atoms with van der Waals surface area (Å²) >= 11 is 0. The third-order valence-electron chi connectivity index (χ3n) is 5.17. The molecule has 5 nitrogen and oxygen atoms in total. The molecular formula is C19H24N2O3. The molecule has 0 bridgehead atoms. The molecule has 5 heteroatoms. The van der Waals surface area contributed by atoms with Gasteiger partial charge in [-0.15, -0.1) is 0 Å². The van der Waals surface area contributed by atoms with Gasteiger partial charge in [0.25, 0.3) is 11.8 Å². The van der Waals surface area contributed by atoms with Crippen LogP contribution in [0.1, 0.15) is 48.9 Å². The molecule has 0 aromatic heterocycles. The summed E-state index contributed by atoms with van der Waals surface area (Å²) in [5.74, 6) is 1.18. The standard InChI is InChI=1S/C19H24N2O3/c22-18(21-17(12-6-7-12)13-8-9-13)14-3-1-4-15(11-14)20-19(23)16-5-2-10-24-16/h1,3-4,11-13,16-17H,2,5-10H2,(H,20,23)(H,21,22)/t16-/m1/s1. The van der Waals surface area contributed by atoms with Crippen molar-refractivity contribution in [3.63, 3.8) is 0 Å². The predicted molar refractivity (Wildman–Crippen MR) is 90.7 cm³/mol. The Balaban J connectivity index is 1.39. The van der Waals surface area contributed by atoms with Crippen LogP contribution >= 0.6 is 0 Å². The average Bonchev–Trinajstić information content (AvgIpc) is 3.52. The molecule has 2 aliphatic carbocycles. The van der Waals surface area contributed by atoms with Crippen molar-refractivity contribution in [3.8, 4) is 0 Å². The van der Waals surface area contributed by atoms with Gasteiger partial charge in [-0.2, -0.15) is 0 Å². The smallest absolute Gasteiger partial charge is 0.253 e. The first-order valence-corrected chi connectivity index (χ1v) is 9.04. The van der Waals surface area contributed by atoms with Crippen molar-refractivity contribution in [1.29, 1.82) is 0 Å². The van der Waals surface area contributed by atoms with E-state index >= 15 is 0 Å². The van der Waals surface area contributed by atoms with E-state index in [-0.39, 0.29) is 17.9 Å². The van der Waals surface area contributed by atoms with E-state index in [1.165, 1.54) is 25.7 Å². The minimum Gasteiger partial charge on any atom is -0.368 e. The predicted octanol–water partition coefficient (Wildman–Crippen LogP) is 2.72. The average molecular weight is 328 g/mol. The second kappa shape index (κ2) is 6.55. The van der Waals surface area contributed by atoms with Gasteiger partial charge in [-0.1, -0.05) is 6.07 Å². The maximum atomic E-state index is 12.6. The van der Waals surface area contributed by atoms with Crippen LogP contribution in [-0.4, -0.2) is 30.6 Å². The number of anilines is 1. The molecule has 0 unspecified atom stereocenters. The van der Waals surface area contributed by atoms with Gasteiger partial charge in [-0.05, 0) is 68.6 Å². The molecule has 1 heterocycles. The molecular weight excluding hydrogens is 304 g/mol. The highest BCUT2D eigenvalue weighted by Crippen LogP contribution is 2.44. The first-order chi connectivity index (χ1) is 11.7. The molecule has 0 radical (unpaired) electrons. The fourth-order valence-corrected chi connectivity index (χ4v) is 3.51. The van der Waals surface area contributed by atoms with Crippen molar-refractivity contribution in [3.05, 3.63) is 29.8 Å². The fourth-order valence-electron chi connectivity index (χ4n) is 3.51. The molecule has 1 aromatic rings. The first kappa shape index (κ1) is 15.6. The minimum absolute atomic E-state index is 0.0352. The maximum absolute atomic E-state index is 12.6. The zero-order valence-corrected chi connectivity index (χ0v) is 13.8. The van der Waals surface area contributed by atoms with Crippen molar-refractivity contribution < 1.29 is 14.3 Å². The van der Waals surface area contributed by atoms with Crippen LogP contribution in [0.5, 0.6) is 0 Å². The van der Waals surface area contributed by atoms with Crippen molar-refractivity contribution >= 4 is 17.5 Å². The number of hydrogen-bond donors (Lipinski definition) is 2. The quantitative estimate of drug-likeness (QED) is 0.844. The number of nitrogens with one attached hydrogen (secondary N) is 2. The summed E-state index contributed by atoms with van der Waals surface area (Å²) in [6.45, 7) is 0.643. The van der Waals surface area contributed by atoms with Crippen molar-refractivity contribution in [2.75, 3.05) is 11.9 Å². The number of benzene rings is 1. The van der Waals surface area contributed by atoms with E-state index in [9.17, 15) is 9.59 Å². The Morgan fingerprint density at radius 2 is 1.83 bits per heavy atom. The highest BCUT2D eigenvalue weighted by Gasteiger charge is 2.42. The van der Waals surface area contributed by atoms with Crippen LogP contribution in [0.3, 0.4) is 0 Å². The topological polar surface area (TPSA) is 67.4 Å². The molecule has 1 atom stereocenters. The van der Waals surface area contributed by atoms with E-state index in [0.717, 1.165) is 12.8 Å². The number of hydrogen-bond acceptors (Lipinski definition) is 3. The maximum Gasteiger partial charge on any atom is 0.253 e. The number of rotatable bonds is 6. The summed E-state index contributed by atoms with van der Waals surface area (Å²) in [5, 5.41) is 6.08. The number of carbonyl (C=O) groups is 2. The van der Waals surface area contributed by atoms with Gasteiger partial charge in [0.2, 0.25) is 0 Å². The van der Waals surface area contributed by atoms with Gasteiger partial charge >= 0.3 is 0 Å². The Morgan fingerprint density at radius 3 is 2.46 bits per heavy atom. The lowest BCUT2D eigenvalue weighted by molar-refractivity contribution is -0.124. The van der Waals surface area contributed by atoms with Crippen LogP contribution in [0.2, 0.25) is 0 Å². The lowest BCUT2D eigenvalue weighted by atomic mass is 10.1. The van der Waals surface area contributed by atoms with Crippen LogP contribution < -0.4 is 10.6 Å². The van der Waals surface area contributed by atoms with Crippen LogP contribution in [0.4, 0.5) is 5.69 Å². The number of amides is 2. The first-order valence-electron chi connectivity index (χ1n) is 9.04. The lowest BCUT2D eigenvalue weighted by Crippen LogP contribution is -2.38. The highest BCUT2D eigenvalue weighted by molar-refractivity contribution is 5.98. The molecule has 3 fully saturated rings. The summed E-state index contributed by atoms with van der Waals surface area (Å²) in [5.41, 5.74) is 1.25. The Labute approximate surface area is 142 Å². The van der Waals surface area contributed by atoms with Gasteiger partial charge in [0.1, 0.15) is 6.10 Å². The van der Waals surface area contributed by atoms with Crippen LogP contribution in [0.15, 0.2) is 24.3 Å². The van der Waals surface area contributed by atoms with E-state index in [0.29, 0.717) is 35.7 Å². The van der Waals surface area contributed by atoms with Crippen molar-refractivity contribution in [2.45, 2.75) is 50.7 Å². The molecule has 1 aromatic carbocycles. The summed E-state index contributed by atoms with van der Waals surface area (Å²) in [6.07, 6.45) is 6.26. The third-order valence-corrected chi connectivity index (χ3v) is 5.17. The summed E-state index contributed by atoms with van der Waals surface area (Å²) in [6, 6.07) is 7.50. The highest BCUT2D eigenvalue weighted by atomic mass is 16.5. The summed E-state index contributed by atoms with van der Waals surface area (Å²) in [4.78, 5) is 24.7. The molecule has 2 saturated carbocycles. The molecule has 3 aliphatic rings. The molecule has 1 saturated heterocycles. The van der Waals surface area contributed by atoms with Gasteiger partial charge in [-0.3, -0.25) is 9.59 Å². The van der Waals surface area contributed by atoms with Gasteiger partial charge in [0.15, 0.2) is 0 Å². The summed E-state index contributed by atoms with van der Waals surface area (Å²) < 4.78 is 5.39. The van der Waals surface area contributed by atoms with Crippen molar-refractivity contribution in [2.24, 2.45) is 11.8 Å². The zero-order chi connectivity index (χ0) is 16.5. The Morgan fingerprint density at radius 1 is 1.08 bits per heavy atom. The van der Waals surface area contributed by atoms with Crippen LogP contribution in [0, 0.1) is 11.8 Å². The van der Waals surface area contributed by atoms with E-state index in [1.807, 2.05) is 12.1 Å².